The third kappa shape index (κ3) is 1.68. The summed E-state index contributed by atoms with van der Waals surface area (Å²) in [4.78, 5) is 4.44. The molecule has 0 aliphatic carbocycles. The van der Waals surface area contributed by atoms with E-state index in [0.717, 1.165) is 11.4 Å². The second-order valence-electron chi connectivity index (χ2n) is 5.41. The van der Waals surface area contributed by atoms with E-state index in [2.05, 4.69) is 4.98 Å². The predicted octanol–water partition coefficient (Wildman–Crippen LogP) is 1.03. The minimum absolute atomic E-state index is 0.302. The lowest BCUT2D eigenvalue weighted by Crippen LogP contribution is -2.41. The van der Waals surface area contributed by atoms with Crippen LogP contribution < -0.4 is 5.59 Å². The summed E-state index contributed by atoms with van der Waals surface area (Å²) in [6.07, 6.45) is 1.96. The Bertz CT molecular complexity index is 377. The Morgan fingerprint density at radius 2 is 1.69 bits per heavy atom. The normalized spacial score (nSPS) is 22.8. The van der Waals surface area contributed by atoms with Gasteiger partial charge in [0.2, 0.25) is 0 Å². The molecule has 1 aliphatic rings. The van der Waals surface area contributed by atoms with Crippen LogP contribution in [0.15, 0.2) is 6.20 Å². The molecule has 4 nitrogen and oxygen atoms in total. The van der Waals surface area contributed by atoms with Crippen molar-refractivity contribution in [1.29, 1.82) is 0 Å². The third-order valence-electron chi connectivity index (χ3n) is 3.62. The van der Waals surface area contributed by atoms with Gasteiger partial charge in [0.15, 0.2) is 0 Å². The molecule has 0 spiro atoms. The Balaban J connectivity index is 2.27. The van der Waals surface area contributed by atoms with Crippen molar-refractivity contribution in [3.05, 3.63) is 12.0 Å². The molecule has 0 aromatic carbocycles. The molecule has 1 fully saturated rings. The first-order valence-electron chi connectivity index (χ1n) is 5.58. The van der Waals surface area contributed by atoms with E-state index in [9.17, 15) is 0 Å². The van der Waals surface area contributed by atoms with Gasteiger partial charge in [-0.15, -0.1) is 0 Å². The molecule has 0 saturated carbocycles. The van der Waals surface area contributed by atoms with Crippen LogP contribution in [0.1, 0.15) is 33.5 Å². The fraction of sp³-hybridized carbons (Fsp3) is 0.727. The molecule has 1 saturated heterocycles. The summed E-state index contributed by atoms with van der Waals surface area (Å²) in [7, 11) is 1.61. The standard InChI is InChI=1S/C11H19BN2O2/c1-8-13-9(7-14(8)6)12-15-10(2,3)11(4,5)16-12/h7H,1-6H3. The van der Waals surface area contributed by atoms with Crippen LogP contribution in [-0.2, 0) is 16.4 Å². The van der Waals surface area contributed by atoms with Crippen molar-refractivity contribution >= 4 is 12.7 Å². The van der Waals surface area contributed by atoms with Crippen LogP contribution in [0.3, 0.4) is 0 Å². The van der Waals surface area contributed by atoms with Crippen LogP contribution in [0.25, 0.3) is 0 Å². The maximum absolute atomic E-state index is 5.92. The quantitative estimate of drug-likeness (QED) is 0.666. The first-order valence-corrected chi connectivity index (χ1v) is 5.58. The Kier molecular flexibility index (Phi) is 2.44. The van der Waals surface area contributed by atoms with Crippen LogP contribution in [0.4, 0.5) is 0 Å². The average molecular weight is 222 g/mol. The molecular weight excluding hydrogens is 203 g/mol. The van der Waals surface area contributed by atoms with Crippen molar-refractivity contribution in [2.45, 2.75) is 45.8 Å². The molecule has 0 unspecified atom stereocenters. The highest BCUT2D eigenvalue weighted by Gasteiger charge is 2.52. The molecule has 16 heavy (non-hydrogen) atoms. The Morgan fingerprint density at radius 3 is 2.06 bits per heavy atom. The minimum Gasteiger partial charge on any atom is -0.398 e. The highest BCUT2D eigenvalue weighted by molar-refractivity contribution is 6.61. The number of hydrogen-bond donors (Lipinski definition) is 0. The summed E-state index contributed by atoms with van der Waals surface area (Å²) in [6.45, 7) is 10.1. The third-order valence-corrected chi connectivity index (χ3v) is 3.62. The molecular formula is C11H19BN2O2. The van der Waals surface area contributed by atoms with Crippen LogP contribution in [-0.4, -0.2) is 27.9 Å². The Labute approximate surface area is 97.1 Å². The van der Waals surface area contributed by atoms with Gasteiger partial charge in [-0.05, 0) is 34.6 Å². The maximum atomic E-state index is 5.92. The van der Waals surface area contributed by atoms with Crippen molar-refractivity contribution in [2.24, 2.45) is 7.05 Å². The van der Waals surface area contributed by atoms with E-state index >= 15 is 0 Å². The molecule has 2 heterocycles. The van der Waals surface area contributed by atoms with Crippen molar-refractivity contribution in [3.63, 3.8) is 0 Å². The summed E-state index contributed by atoms with van der Waals surface area (Å²) < 4.78 is 13.8. The van der Waals surface area contributed by atoms with Gasteiger partial charge in [-0.2, -0.15) is 0 Å². The van der Waals surface area contributed by atoms with Gasteiger partial charge in [-0.1, -0.05) is 0 Å². The number of aryl methyl sites for hydroxylation is 2. The first kappa shape index (κ1) is 11.7. The predicted molar refractivity (Wildman–Crippen MR) is 63.7 cm³/mol. The maximum Gasteiger partial charge on any atom is 0.516 e. The minimum atomic E-state index is -0.357. The summed E-state index contributed by atoms with van der Waals surface area (Å²) in [5.41, 5.74) is 0.241. The lowest BCUT2D eigenvalue weighted by atomic mass is 9.86. The van der Waals surface area contributed by atoms with Crippen LogP contribution >= 0.6 is 0 Å². The smallest absolute Gasteiger partial charge is 0.398 e. The van der Waals surface area contributed by atoms with E-state index in [1.807, 2.05) is 52.4 Å². The van der Waals surface area contributed by atoms with Gasteiger partial charge in [0.05, 0.1) is 16.8 Å². The lowest BCUT2D eigenvalue weighted by Gasteiger charge is -2.32. The summed E-state index contributed by atoms with van der Waals surface area (Å²) in [5, 5.41) is 0. The van der Waals surface area contributed by atoms with Gasteiger partial charge in [-0.3, -0.25) is 0 Å². The Hall–Kier alpha value is -0.805. The van der Waals surface area contributed by atoms with E-state index in [0.29, 0.717) is 0 Å². The second-order valence-corrected chi connectivity index (χ2v) is 5.41. The molecule has 0 amide bonds. The topological polar surface area (TPSA) is 36.3 Å². The van der Waals surface area contributed by atoms with Crippen molar-refractivity contribution in [1.82, 2.24) is 9.55 Å². The van der Waals surface area contributed by atoms with Crippen molar-refractivity contribution in [2.75, 3.05) is 0 Å². The monoisotopic (exact) mass is 222 g/mol. The van der Waals surface area contributed by atoms with E-state index in [-0.39, 0.29) is 18.3 Å². The molecule has 1 aliphatic heterocycles. The highest BCUT2D eigenvalue weighted by Crippen LogP contribution is 2.36. The molecule has 1 aromatic rings. The number of nitrogens with zero attached hydrogens (tertiary/aromatic N) is 2. The van der Waals surface area contributed by atoms with E-state index < -0.39 is 0 Å². The molecule has 0 atom stereocenters. The Morgan fingerprint density at radius 1 is 1.19 bits per heavy atom. The van der Waals surface area contributed by atoms with Crippen LogP contribution in [0.5, 0.6) is 0 Å². The number of rotatable bonds is 1. The zero-order valence-electron chi connectivity index (χ0n) is 10.9. The number of aromatic nitrogens is 2. The van der Waals surface area contributed by atoms with Gasteiger partial charge in [-0.25, -0.2) is 4.98 Å². The van der Waals surface area contributed by atoms with Gasteiger partial charge < -0.3 is 13.9 Å². The van der Waals surface area contributed by atoms with Gasteiger partial charge in [0.1, 0.15) is 5.82 Å². The van der Waals surface area contributed by atoms with E-state index in [4.69, 9.17) is 9.31 Å². The van der Waals surface area contributed by atoms with Gasteiger partial charge in [0, 0.05) is 13.2 Å². The number of imidazole rings is 1. The average Bonchev–Trinajstić information content (AvgIpc) is 2.54. The zero-order valence-corrected chi connectivity index (χ0v) is 10.9. The SMILES string of the molecule is Cc1nc(B2OC(C)(C)C(C)(C)O2)cn1C. The van der Waals surface area contributed by atoms with Gasteiger partial charge >= 0.3 is 7.12 Å². The molecule has 5 heteroatoms. The van der Waals surface area contributed by atoms with E-state index in [1.165, 1.54) is 0 Å². The summed E-state index contributed by atoms with van der Waals surface area (Å²) in [5.74, 6) is 0.963. The van der Waals surface area contributed by atoms with Crippen LogP contribution in [0.2, 0.25) is 0 Å². The fourth-order valence-corrected chi connectivity index (χ4v) is 1.66. The highest BCUT2D eigenvalue weighted by atomic mass is 16.7. The lowest BCUT2D eigenvalue weighted by molar-refractivity contribution is 0.00578. The molecule has 0 bridgehead atoms. The molecule has 0 N–H and O–H groups in total. The van der Waals surface area contributed by atoms with Crippen LogP contribution in [0, 0.1) is 6.92 Å². The number of hydrogen-bond acceptors (Lipinski definition) is 3. The molecule has 1 aromatic heterocycles. The molecule has 88 valence electrons. The first-order chi connectivity index (χ1) is 7.23. The van der Waals surface area contributed by atoms with Crippen molar-refractivity contribution < 1.29 is 9.31 Å². The summed E-state index contributed by atoms with van der Waals surface area (Å²) in [6, 6.07) is 0. The summed E-state index contributed by atoms with van der Waals surface area (Å²) >= 11 is 0. The fourth-order valence-electron chi connectivity index (χ4n) is 1.66. The zero-order chi connectivity index (χ0) is 12.1. The second kappa shape index (κ2) is 3.34. The van der Waals surface area contributed by atoms with E-state index in [1.54, 1.807) is 0 Å². The molecule has 0 radical (unpaired) electrons. The largest absolute Gasteiger partial charge is 0.516 e. The van der Waals surface area contributed by atoms with Crippen molar-refractivity contribution in [3.8, 4) is 0 Å². The molecule has 2 rings (SSSR count). The van der Waals surface area contributed by atoms with Gasteiger partial charge in [0.25, 0.3) is 0 Å².